The first-order valence-corrected chi connectivity index (χ1v) is 42.0. The van der Waals surface area contributed by atoms with E-state index >= 15 is 0 Å². The van der Waals surface area contributed by atoms with Gasteiger partial charge >= 0.3 is 39.5 Å². The molecule has 0 saturated heterocycles. The fourth-order valence-electron chi connectivity index (χ4n) is 11.5. The minimum atomic E-state index is -4.96. The number of aliphatic hydroxyl groups is 1. The average molecular weight is 1380 g/mol. The molecule has 0 rings (SSSR count). The summed E-state index contributed by atoms with van der Waals surface area (Å²) >= 11 is 0. The molecule has 19 heteroatoms. The van der Waals surface area contributed by atoms with Crippen LogP contribution in [0.15, 0.2) is 0 Å². The van der Waals surface area contributed by atoms with E-state index in [1.54, 1.807) is 0 Å². The van der Waals surface area contributed by atoms with Crippen molar-refractivity contribution < 1.29 is 80.2 Å². The van der Waals surface area contributed by atoms with Gasteiger partial charge in [-0.2, -0.15) is 0 Å². The van der Waals surface area contributed by atoms with Gasteiger partial charge in [0.05, 0.1) is 26.4 Å². The van der Waals surface area contributed by atoms with E-state index in [0.29, 0.717) is 25.7 Å². The topological polar surface area (TPSA) is 237 Å². The molecule has 0 heterocycles. The maximum atomic E-state index is 13.1. The third kappa shape index (κ3) is 68.6. The molecule has 0 fully saturated rings. The summed E-state index contributed by atoms with van der Waals surface area (Å²) in [6.07, 6.45) is 54.1. The van der Waals surface area contributed by atoms with Crippen molar-refractivity contribution in [3.8, 4) is 0 Å². The number of hydrogen-bond donors (Lipinski definition) is 3. The van der Waals surface area contributed by atoms with Gasteiger partial charge in [-0.05, 0) is 37.5 Å². The first-order chi connectivity index (χ1) is 45.4. The van der Waals surface area contributed by atoms with E-state index in [4.69, 9.17) is 37.0 Å². The molecule has 0 amide bonds. The number of ether oxygens (including phenoxy) is 4. The Bertz CT molecular complexity index is 1820. The van der Waals surface area contributed by atoms with Gasteiger partial charge in [0.2, 0.25) is 0 Å². The molecule has 2 unspecified atom stereocenters. The standard InChI is InChI=1S/C75H146O17P2/c1-7-9-11-13-15-17-18-19-20-21-22-23-24-29-35-41-47-53-59-74(79)91-71(64-86-73(78)58-52-46-40-34-28-26-25-27-32-37-43-49-55-67(3)4)66-90-94(83,84)88-62-69(76)61-87-93(81,82)89-65-70(63-85-72(77)57-51-45-39-31-16-14-12-10-8-2)92-75(80)60-54-48-42-36-30-33-38-44-50-56-68(5)6/h67-71,76H,7-66H2,1-6H3,(H,81,82)(H,83,84)/t69-,70+,71+/m0/s1. The van der Waals surface area contributed by atoms with Crippen LogP contribution in [0.1, 0.15) is 388 Å². The molecule has 0 aromatic rings. The molecule has 0 radical (unpaired) electrons. The van der Waals surface area contributed by atoms with Crippen molar-refractivity contribution in [2.45, 2.75) is 407 Å². The number of esters is 4. The first kappa shape index (κ1) is 92.1. The molecule has 17 nitrogen and oxygen atoms in total. The fraction of sp³-hybridized carbons (Fsp3) is 0.947. The van der Waals surface area contributed by atoms with Crippen molar-refractivity contribution >= 4 is 39.5 Å². The molecule has 3 N–H and O–H groups in total. The highest BCUT2D eigenvalue weighted by Gasteiger charge is 2.30. The van der Waals surface area contributed by atoms with Gasteiger partial charge in [-0.3, -0.25) is 37.3 Å². The Balaban J connectivity index is 5.23. The van der Waals surface area contributed by atoms with Crippen molar-refractivity contribution in [1.82, 2.24) is 0 Å². The summed E-state index contributed by atoms with van der Waals surface area (Å²) in [6.45, 7) is 9.56. The van der Waals surface area contributed by atoms with Gasteiger partial charge in [0.25, 0.3) is 0 Å². The van der Waals surface area contributed by atoms with Crippen LogP contribution in [-0.2, 0) is 65.4 Å². The lowest BCUT2D eigenvalue weighted by Gasteiger charge is -2.21. The van der Waals surface area contributed by atoms with Crippen molar-refractivity contribution in [3.05, 3.63) is 0 Å². The third-order valence-corrected chi connectivity index (χ3v) is 19.4. The number of hydrogen-bond acceptors (Lipinski definition) is 15. The summed E-state index contributed by atoms with van der Waals surface area (Å²) in [6, 6.07) is 0. The van der Waals surface area contributed by atoms with Crippen molar-refractivity contribution in [3.63, 3.8) is 0 Å². The predicted octanol–water partition coefficient (Wildman–Crippen LogP) is 21.9. The second-order valence-electron chi connectivity index (χ2n) is 28.0. The molecule has 0 bridgehead atoms. The minimum absolute atomic E-state index is 0.105. The van der Waals surface area contributed by atoms with Gasteiger partial charge in [-0.25, -0.2) is 9.13 Å². The van der Waals surface area contributed by atoms with Crippen LogP contribution in [0, 0.1) is 11.8 Å². The van der Waals surface area contributed by atoms with Crippen LogP contribution in [0.5, 0.6) is 0 Å². The second-order valence-corrected chi connectivity index (χ2v) is 30.9. The Kier molecular flexibility index (Phi) is 65.5. The highest BCUT2D eigenvalue weighted by molar-refractivity contribution is 7.47. The molecule has 0 aliphatic carbocycles. The summed E-state index contributed by atoms with van der Waals surface area (Å²) in [5.74, 6) is -0.600. The fourth-order valence-corrected chi connectivity index (χ4v) is 13.1. The molecular formula is C75H146O17P2. The molecule has 0 aliphatic heterocycles. The molecule has 0 saturated carbocycles. The van der Waals surface area contributed by atoms with Gasteiger partial charge in [-0.15, -0.1) is 0 Å². The lowest BCUT2D eigenvalue weighted by atomic mass is 10.0. The van der Waals surface area contributed by atoms with Crippen molar-refractivity contribution in [2.24, 2.45) is 11.8 Å². The van der Waals surface area contributed by atoms with Crippen LogP contribution < -0.4 is 0 Å². The summed E-state index contributed by atoms with van der Waals surface area (Å²) in [5.41, 5.74) is 0. The number of carbonyl (C=O) groups excluding carboxylic acids is 4. The monoisotopic (exact) mass is 1380 g/mol. The Labute approximate surface area is 575 Å². The Morgan fingerprint density at radius 3 is 0.723 bits per heavy atom. The Morgan fingerprint density at radius 1 is 0.287 bits per heavy atom. The van der Waals surface area contributed by atoms with Gasteiger partial charge in [-0.1, -0.05) is 337 Å². The maximum Gasteiger partial charge on any atom is 0.472 e. The third-order valence-electron chi connectivity index (χ3n) is 17.5. The smallest absolute Gasteiger partial charge is 0.462 e. The molecule has 0 aromatic carbocycles. The van der Waals surface area contributed by atoms with Crippen LogP contribution in [0.2, 0.25) is 0 Å². The van der Waals surface area contributed by atoms with Crippen LogP contribution in [0.3, 0.4) is 0 Å². The lowest BCUT2D eigenvalue weighted by Crippen LogP contribution is -2.30. The number of rotatable bonds is 74. The lowest BCUT2D eigenvalue weighted by molar-refractivity contribution is -0.161. The second kappa shape index (κ2) is 66.9. The molecule has 0 aromatic heterocycles. The van der Waals surface area contributed by atoms with E-state index in [0.717, 1.165) is 102 Å². The maximum absolute atomic E-state index is 13.1. The van der Waals surface area contributed by atoms with Crippen LogP contribution in [-0.4, -0.2) is 96.7 Å². The largest absolute Gasteiger partial charge is 0.472 e. The summed E-state index contributed by atoms with van der Waals surface area (Å²) in [7, 11) is -9.91. The van der Waals surface area contributed by atoms with E-state index in [1.807, 2.05) is 0 Å². The van der Waals surface area contributed by atoms with Gasteiger partial charge in [0, 0.05) is 25.7 Å². The zero-order valence-electron chi connectivity index (χ0n) is 61.3. The predicted molar refractivity (Wildman–Crippen MR) is 381 cm³/mol. The number of phosphoric ester groups is 2. The Hall–Kier alpha value is -1.94. The summed E-state index contributed by atoms with van der Waals surface area (Å²) in [5, 5.41) is 10.6. The first-order valence-electron chi connectivity index (χ1n) is 39.0. The normalized spacial score (nSPS) is 14.0. The quantitative estimate of drug-likeness (QED) is 0.0222. The van der Waals surface area contributed by atoms with E-state index < -0.39 is 97.5 Å². The van der Waals surface area contributed by atoms with E-state index in [-0.39, 0.29) is 25.7 Å². The molecule has 94 heavy (non-hydrogen) atoms. The molecular weight excluding hydrogens is 1230 g/mol. The highest BCUT2D eigenvalue weighted by atomic mass is 31.2. The molecule has 0 aliphatic rings. The van der Waals surface area contributed by atoms with E-state index in [1.165, 1.54) is 205 Å². The van der Waals surface area contributed by atoms with Crippen molar-refractivity contribution in [2.75, 3.05) is 39.6 Å². The zero-order chi connectivity index (χ0) is 69.3. The number of carbonyl (C=O) groups is 4. The minimum Gasteiger partial charge on any atom is -0.462 e. The van der Waals surface area contributed by atoms with Crippen molar-refractivity contribution in [1.29, 1.82) is 0 Å². The van der Waals surface area contributed by atoms with Crippen LogP contribution in [0.4, 0.5) is 0 Å². The molecule has 5 atom stereocenters. The van der Waals surface area contributed by atoms with Gasteiger partial charge < -0.3 is 33.8 Å². The zero-order valence-corrected chi connectivity index (χ0v) is 63.1. The SMILES string of the molecule is CCCCCCCCCCCCCCCCCCCCC(=O)O[C@H](COC(=O)CCCCCCCCCCCCCCC(C)C)COP(=O)(O)OC[C@@H](O)COP(=O)(O)OC[C@@H](COC(=O)CCCCCCCCCCC)OC(=O)CCCCCCCCCCCC(C)C. The van der Waals surface area contributed by atoms with E-state index in [2.05, 4.69) is 41.5 Å². The Morgan fingerprint density at radius 2 is 0.489 bits per heavy atom. The summed E-state index contributed by atoms with van der Waals surface area (Å²) < 4.78 is 68.5. The van der Waals surface area contributed by atoms with Gasteiger partial charge in [0.1, 0.15) is 19.3 Å². The van der Waals surface area contributed by atoms with Crippen LogP contribution >= 0.6 is 15.6 Å². The van der Waals surface area contributed by atoms with Crippen LogP contribution in [0.25, 0.3) is 0 Å². The molecule has 558 valence electrons. The summed E-state index contributed by atoms with van der Waals surface area (Å²) in [4.78, 5) is 72.7. The van der Waals surface area contributed by atoms with Gasteiger partial charge in [0.15, 0.2) is 12.2 Å². The number of unbranched alkanes of at least 4 members (excludes halogenated alkanes) is 44. The highest BCUT2D eigenvalue weighted by Crippen LogP contribution is 2.45. The van der Waals surface area contributed by atoms with E-state index in [9.17, 15) is 43.2 Å². The number of aliphatic hydroxyl groups excluding tert-OH is 1. The molecule has 0 spiro atoms. The average Bonchev–Trinajstić information content (AvgIpc) is 1.23. The number of phosphoric acid groups is 2.